The van der Waals surface area contributed by atoms with E-state index in [4.69, 9.17) is 0 Å². The van der Waals surface area contributed by atoms with E-state index in [-0.39, 0.29) is 12.1 Å². The molecule has 1 atom stereocenters. The number of nitrogens with zero attached hydrogens (tertiary/aromatic N) is 3. The van der Waals surface area contributed by atoms with Gasteiger partial charge < -0.3 is 14.8 Å². The molecule has 3 heterocycles. The highest BCUT2D eigenvalue weighted by Crippen LogP contribution is 2.34. The van der Waals surface area contributed by atoms with Crippen molar-refractivity contribution in [2.75, 3.05) is 4.55 Å². The van der Waals surface area contributed by atoms with Crippen LogP contribution in [0.1, 0.15) is 29.1 Å². The van der Waals surface area contributed by atoms with Gasteiger partial charge in [-0.05, 0) is 28.9 Å². The summed E-state index contributed by atoms with van der Waals surface area (Å²) in [5.74, 6) is 0.825. The van der Waals surface area contributed by atoms with Gasteiger partial charge in [0.15, 0.2) is 6.17 Å². The van der Waals surface area contributed by atoms with Gasteiger partial charge in [-0.15, -0.1) is 0 Å². The number of amides is 1. The first-order valence-electron chi connectivity index (χ1n) is 5.64. The van der Waals surface area contributed by atoms with Gasteiger partial charge in [0.2, 0.25) is 0 Å². The minimum absolute atomic E-state index is 0.0533. The van der Waals surface area contributed by atoms with Crippen molar-refractivity contribution in [2.24, 2.45) is 5.10 Å². The first-order chi connectivity index (χ1) is 9.11. The lowest BCUT2D eigenvalue weighted by Gasteiger charge is -2.28. The molecule has 8 heteroatoms. The second-order valence-corrected chi connectivity index (χ2v) is 5.79. The first-order valence-corrected chi connectivity index (χ1v) is 7.96. The van der Waals surface area contributed by atoms with Crippen molar-refractivity contribution in [3.8, 4) is 0 Å². The Morgan fingerprint density at radius 2 is 2.47 bits per heavy atom. The van der Waals surface area contributed by atoms with Crippen LogP contribution >= 0.6 is 38.5 Å². The van der Waals surface area contributed by atoms with Gasteiger partial charge in [-0.3, -0.25) is 10.2 Å². The molecular weight excluding hydrogens is 425 g/mol. The third-order valence-corrected chi connectivity index (χ3v) is 4.06. The van der Waals surface area contributed by atoms with Crippen molar-refractivity contribution in [1.29, 1.82) is 0 Å². The normalized spacial score (nSPS) is 20.2. The molecule has 19 heavy (non-hydrogen) atoms. The van der Waals surface area contributed by atoms with Crippen LogP contribution in [0.3, 0.4) is 0 Å². The third-order valence-electron chi connectivity index (χ3n) is 3.10. The molecule has 1 amide bonds. The highest BCUT2D eigenvalue weighted by Gasteiger charge is 2.33. The van der Waals surface area contributed by atoms with E-state index in [1.807, 2.05) is 34.9 Å². The van der Waals surface area contributed by atoms with E-state index in [0.717, 1.165) is 16.1 Å². The zero-order chi connectivity index (χ0) is 13.6. The van der Waals surface area contributed by atoms with Crippen molar-refractivity contribution >= 4 is 54.9 Å². The molecule has 0 aliphatic carbocycles. The fourth-order valence-electron chi connectivity index (χ4n) is 2.18. The Morgan fingerprint density at radius 1 is 1.68 bits per heavy atom. The Morgan fingerprint density at radius 3 is 3.21 bits per heavy atom. The van der Waals surface area contributed by atoms with Crippen molar-refractivity contribution < 1.29 is 4.79 Å². The summed E-state index contributed by atoms with van der Waals surface area (Å²) in [6.45, 7) is 1.94. The molecule has 0 spiro atoms. The van der Waals surface area contributed by atoms with Gasteiger partial charge in [0.25, 0.3) is 5.91 Å². The second-order valence-electron chi connectivity index (χ2n) is 4.21. The molecule has 0 bridgehead atoms. The zero-order valence-corrected chi connectivity index (χ0v) is 13.8. The maximum absolute atomic E-state index is 11.9. The van der Waals surface area contributed by atoms with Gasteiger partial charge in [0.1, 0.15) is 10.4 Å². The Balaban J connectivity index is 2.00. The number of hydrazone groups is 1. The zero-order valence-electron chi connectivity index (χ0n) is 10.0. The predicted molar refractivity (Wildman–Crippen MR) is 84.8 cm³/mol. The summed E-state index contributed by atoms with van der Waals surface area (Å²) in [5.41, 5.74) is 4.69. The molecule has 0 fully saturated rings. The highest BCUT2D eigenvalue weighted by molar-refractivity contribution is 14.1. The van der Waals surface area contributed by atoms with Crippen molar-refractivity contribution in [1.82, 2.24) is 20.2 Å². The summed E-state index contributed by atoms with van der Waals surface area (Å²) >= 11 is 5.63. The quantitative estimate of drug-likeness (QED) is 0.424. The average molecular weight is 436 g/mol. The fourth-order valence-corrected chi connectivity index (χ4v) is 3.05. The lowest BCUT2D eigenvalue weighted by molar-refractivity contribution is 0.0962. The summed E-state index contributed by atoms with van der Waals surface area (Å²) in [5, 5.41) is 7.01. The molecule has 0 saturated carbocycles. The lowest BCUT2D eigenvalue weighted by Crippen LogP contribution is -2.32. The number of hydrogen-bond donors (Lipinski definition) is 2. The molecule has 2 N–H and O–H groups in total. The SMILES string of the molecule is CC1=NNC2c3cc(C(=O)NCI)cn3C(Br)=CN12. The molecule has 3 rings (SSSR count). The number of halogens is 2. The van der Waals surface area contributed by atoms with Crippen molar-refractivity contribution in [3.63, 3.8) is 0 Å². The lowest BCUT2D eigenvalue weighted by atomic mass is 10.2. The number of aromatic nitrogens is 1. The van der Waals surface area contributed by atoms with Crippen LogP contribution in [0.4, 0.5) is 0 Å². The number of carbonyl (C=O) groups is 1. The van der Waals surface area contributed by atoms with Gasteiger partial charge in [-0.1, -0.05) is 22.6 Å². The third kappa shape index (κ3) is 2.06. The largest absolute Gasteiger partial charge is 0.343 e. The molecule has 1 aromatic rings. The average Bonchev–Trinajstić information content (AvgIpc) is 2.95. The number of nitrogens with one attached hydrogen (secondary N) is 2. The van der Waals surface area contributed by atoms with Gasteiger partial charge >= 0.3 is 0 Å². The van der Waals surface area contributed by atoms with Gasteiger partial charge in [0.05, 0.1) is 15.8 Å². The molecule has 1 aromatic heterocycles. The van der Waals surface area contributed by atoms with Crippen LogP contribution in [0.15, 0.2) is 23.6 Å². The smallest absolute Gasteiger partial charge is 0.253 e. The number of hydrogen-bond acceptors (Lipinski definition) is 4. The molecule has 2 aliphatic rings. The molecule has 0 saturated heterocycles. The standard InChI is InChI=1S/C11H11BrIN5O/c1-6-15-16-10-8-2-7(11(19)14-5-13)3-18(8)9(12)4-17(6)10/h2-4,10,16H,5H2,1H3,(H,14,19). The van der Waals surface area contributed by atoms with E-state index in [2.05, 4.69) is 54.4 Å². The summed E-state index contributed by atoms with van der Waals surface area (Å²) in [6.07, 6.45) is 3.73. The van der Waals surface area contributed by atoms with Gasteiger partial charge in [-0.25, -0.2) is 0 Å². The Labute approximate surface area is 132 Å². The summed E-state index contributed by atoms with van der Waals surface area (Å²) in [7, 11) is 0. The van der Waals surface area contributed by atoms with E-state index < -0.39 is 0 Å². The minimum Gasteiger partial charge on any atom is -0.343 e. The number of carbonyl (C=O) groups excluding carboxylic acids is 1. The molecule has 6 nitrogen and oxygen atoms in total. The molecule has 2 aliphatic heterocycles. The Hall–Kier alpha value is -1.03. The Kier molecular flexibility index (Phi) is 3.29. The van der Waals surface area contributed by atoms with Crippen LogP contribution in [0.5, 0.6) is 0 Å². The fraction of sp³-hybridized carbons (Fsp3) is 0.273. The van der Waals surface area contributed by atoms with Gasteiger partial charge in [0, 0.05) is 12.4 Å². The minimum atomic E-state index is -0.0706. The predicted octanol–water partition coefficient (Wildman–Crippen LogP) is 2.01. The maximum atomic E-state index is 11.9. The van der Waals surface area contributed by atoms with Crippen LogP contribution in [0.2, 0.25) is 0 Å². The number of amidine groups is 1. The summed E-state index contributed by atoms with van der Waals surface area (Å²) in [4.78, 5) is 13.9. The molecule has 100 valence electrons. The van der Waals surface area contributed by atoms with Crippen LogP contribution in [-0.4, -0.2) is 25.8 Å². The second kappa shape index (κ2) is 4.82. The molecule has 0 aromatic carbocycles. The first kappa shape index (κ1) is 13.0. The summed E-state index contributed by atoms with van der Waals surface area (Å²) < 4.78 is 3.42. The summed E-state index contributed by atoms with van der Waals surface area (Å²) in [6, 6.07) is 1.88. The van der Waals surface area contributed by atoms with E-state index in [9.17, 15) is 4.79 Å². The Bertz CT molecular complexity index is 608. The van der Waals surface area contributed by atoms with Gasteiger partial charge in [-0.2, -0.15) is 5.10 Å². The van der Waals surface area contributed by atoms with Crippen molar-refractivity contribution in [2.45, 2.75) is 13.1 Å². The number of alkyl halides is 1. The maximum Gasteiger partial charge on any atom is 0.253 e. The molecular formula is C11H11BrIN5O. The number of rotatable bonds is 2. The van der Waals surface area contributed by atoms with E-state index in [1.165, 1.54) is 0 Å². The molecule has 0 radical (unpaired) electrons. The highest BCUT2D eigenvalue weighted by atomic mass is 127. The van der Waals surface area contributed by atoms with E-state index in [1.54, 1.807) is 0 Å². The topological polar surface area (TPSA) is 61.7 Å². The van der Waals surface area contributed by atoms with Crippen molar-refractivity contribution in [3.05, 3.63) is 29.7 Å². The van der Waals surface area contributed by atoms with E-state index in [0.29, 0.717) is 10.1 Å². The monoisotopic (exact) mass is 435 g/mol. The van der Waals surface area contributed by atoms with Crippen LogP contribution < -0.4 is 10.7 Å². The van der Waals surface area contributed by atoms with Crippen LogP contribution in [0.25, 0.3) is 4.61 Å². The van der Waals surface area contributed by atoms with E-state index >= 15 is 0 Å². The van der Waals surface area contributed by atoms with Crippen LogP contribution in [-0.2, 0) is 0 Å². The molecule has 1 unspecified atom stereocenters. The van der Waals surface area contributed by atoms with Crippen LogP contribution in [0, 0.1) is 0 Å². The number of fused-ring (bicyclic) bond motifs is 3.